The second-order valence-corrected chi connectivity index (χ2v) is 3.58. The fourth-order valence-corrected chi connectivity index (χ4v) is 1.48. The third-order valence-electron chi connectivity index (χ3n) is 2.33. The van der Waals surface area contributed by atoms with E-state index in [0.29, 0.717) is 6.07 Å². The zero-order valence-electron chi connectivity index (χ0n) is 9.96. The van der Waals surface area contributed by atoms with Gasteiger partial charge in [-0.15, -0.1) is 0 Å². The van der Waals surface area contributed by atoms with Crippen LogP contribution in [-0.4, -0.2) is 18.1 Å². The van der Waals surface area contributed by atoms with Gasteiger partial charge in [0.1, 0.15) is 17.5 Å². The number of nitrogens with zero attached hydrogens (tertiary/aromatic N) is 2. The normalized spacial score (nSPS) is 11.3. The summed E-state index contributed by atoms with van der Waals surface area (Å²) in [6.07, 6.45) is -9.37. The molecule has 0 spiro atoms. The van der Waals surface area contributed by atoms with Crippen LogP contribution in [0.5, 0.6) is 0 Å². The van der Waals surface area contributed by atoms with E-state index in [-0.39, 0.29) is 0 Å². The molecule has 0 saturated heterocycles. The van der Waals surface area contributed by atoms with Crippen LogP contribution in [0.1, 0.15) is 28.9 Å². The summed E-state index contributed by atoms with van der Waals surface area (Å²) in [6, 6.07) is 1.59. The van der Waals surface area contributed by atoms with Gasteiger partial charge in [0.05, 0.1) is 19.1 Å². The molecule has 0 N–H and O–H groups in total. The predicted molar refractivity (Wildman–Crippen MR) is 54.6 cm³/mol. The van der Waals surface area contributed by atoms with Crippen molar-refractivity contribution in [1.82, 2.24) is 4.98 Å². The largest absolute Gasteiger partial charge is 0.469 e. The van der Waals surface area contributed by atoms with Crippen LogP contribution in [0.2, 0.25) is 0 Å². The lowest BCUT2D eigenvalue weighted by Crippen LogP contribution is -2.18. The van der Waals surface area contributed by atoms with Crippen molar-refractivity contribution in [3.05, 3.63) is 28.6 Å². The molecule has 0 saturated carbocycles. The molecule has 0 amide bonds. The van der Waals surface area contributed by atoms with Crippen LogP contribution in [-0.2, 0) is 22.1 Å². The van der Waals surface area contributed by atoms with E-state index in [0.717, 1.165) is 7.11 Å². The molecule has 1 aromatic heterocycles. The van der Waals surface area contributed by atoms with Crippen molar-refractivity contribution in [2.45, 2.75) is 19.0 Å². The van der Waals surface area contributed by atoms with Crippen molar-refractivity contribution < 1.29 is 31.5 Å². The minimum Gasteiger partial charge on any atom is -0.469 e. The minimum absolute atomic E-state index is 0.324. The first-order valence-corrected chi connectivity index (χ1v) is 5.06. The monoisotopic (exact) mass is 294 g/mol. The highest BCUT2D eigenvalue weighted by molar-refractivity contribution is 5.73. The lowest BCUT2D eigenvalue weighted by molar-refractivity contribution is -0.141. The molecule has 0 atom stereocenters. The van der Waals surface area contributed by atoms with E-state index in [9.17, 15) is 26.7 Å². The Labute approximate surface area is 109 Å². The van der Waals surface area contributed by atoms with Gasteiger partial charge >= 0.3 is 12.1 Å². The Morgan fingerprint density at radius 2 is 2.10 bits per heavy atom. The van der Waals surface area contributed by atoms with Gasteiger partial charge in [0.15, 0.2) is 0 Å². The van der Waals surface area contributed by atoms with E-state index >= 15 is 0 Å². The van der Waals surface area contributed by atoms with Crippen molar-refractivity contribution in [1.29, 1.82) is 5.26 Å². The molecule has 1 rings (SSSR count). The molecular weight excluding hydrogens is 287 g/mol. The van der Waals surface area contributed by atoms with Crippen LogP contribution in [0, 0.1) is 11.3 Å². The average molecular weight is 294 g/mol. The van der Waals surface area contributed by atoms with Crippen LogP contribution < -0.4 is 0 Å². The number of hydrogen-bond donors (Lipinski definition) is 0. The average Bonchev–Trinajstić information content (AvgIpc) is 2.36. The van der Waals surface area contributed by atoms with Gasteiger partial charge in [0.25, 0.3) is 6.43 Å². The molecule has 108 valence electrons. The summed E-state index contributed by atoms with van der Waals surface area (Å²) in [6.45, 7) is 0. The number of pyridine rings is 1. The second kappa shape index (κ2) is 5.81. The van der Waals surface area contributed by atoms with E-state index < -0.39 is 47.5 Å². The van der Waals surface area contributed by atoms with E-state index in [1.807, 2.05) is 0 Å². The van der Waals surface area contributed by atoms with Crippen LogP contribution in [0.3, 0.4) is 0 Å². The summed E-state index contributed by atoms with van der Waals surface area (Å²) in [5, 5.41) is 8.54. The predicted octanol–water partition coefficient (Wildman–Crippen LogP) is 2.63. The van der Waals surface area contributed by atoms with Crippen LogP contribution >= 0.6 is 0 Å². The molecule has 20 heavy (non-hydrogen) atoms. The Morgan fingerprint density at radius 3 is 2.50 bits per heavy atom. The third-order valence-corrected chi connectivity index (χ3v) is 2.33. The minimum atomic E-state index is -5.00. The topological polar surface area (TPSA) is 63.0 Å². The van der Waals surface area contributed by atoms with Crippen LogP contribution in [0.4, 0.5) is 22.0 Å². The first kappa shape index (κ1) is 15.8. The number of carbonyl (C=O) groups excluding carboxylic acids is 1. The highest BCUT2D eigenvalue weighted by atomic mass is 19.4. The SMILES string of the molecule is COC(=O)Cc1c(C(F)(F)F)cc(C#N)nc1C(F)F. The lowest BCUT2D eigenvalue weighted by Gasteiger charge is -2.15. The summed E-state index contributed by atoms with van der Waals surface area (Å²) in [5.74, 6) is -1.12. The zero-order chi connectivity index (χ0) is 15.5. The molecule has 0 aliphatic rings. The van der Waals surface area contributed by atoms with Gasteiger partial charge in [-0.05, 0) is 6.07 Å². The van der Waals surface area contributed by atoms with Crippen molar-refractivity contribution in [3.63, 3.8) is 0 Å². The molecule has 9 heteroatoms. The zero-order valence-corrected chi connectivity index (χ0v) is 9.96. The molecule has 0 aromatic carbocycles. The molecular formula is C11H7F5N2O2. The van der Waals surface area contributed by atoms with Gasteiger partial charge in [-0.2, -0.15) is 18.4 Å². The molecule has 0 aliphatic carbocycles. The standard InChI is InChI=1S/C11H7F5N2O2/c1-20-8(19)3-6-7(11(14,15)16)2-5(4-17)18-9(6)10(12)13/h2,10H,3H2,1H3. The number of nitriles is 1. The van der Waals surface area contributed by atoms with Crippen LogP contribution in [0.15, 0.2) is 6.07 Å². The molecule has 0 aliphatic heterocycles. The van der Waals surface area contributed by atoms with Gasteiger partial charge < -0.3 is 4.74 Å². The smallest absolute Gasteiger partial charge is 0.416 e. The lowest BCUT2D eigenvalue weighted by atomic mass is 10.0. The summed E-state index contributed by atoms with van der Waals surface area (Å²) in [4.78, 5) is 14.2. The first-order chi connectivity index (χ1) is 9.20. The number of methoxy groups -OCH3 is 1. The van der Waals surface area contributed by atoms with Crippen molar-refractivity contribution in [3.8, 4) is 6.07 Å². The summed E-state index contributed by atoms with van der Waals surface area (Å²) in [7, 11) is 0.911. The Kier molecular flexibility index (Phi) is 4.60. The third kappa shape index (κ3) is 3.40. The maximum Gasteiger partial charge on any atom is 0.416 e. The van der Waals surface area contributed by atoms with Crippen molar-refractivity contribution >= 4 is 5.97 Å². The van der Waals surface area contributed by atoms with Crippen molar-refractivity contribution in [2.75, 3.05) is 7.11 Å². The number of hydrogen-bond acceptors (Lipinski definition) is 4. The molecule has 4 nitrogen and oxygen atoms in total. The van der Waals surface area contributed by atoms with E-state index in [4.69, 9.17) is 5.26 Å². The van der Waals surface area contributed by atoms with Gasteiger partial charge in [-0.25, -0.2) is 13.8 Å². The van der Waals surface area contributed by atoms with Gasteiger partial charge in [-0.1, -0.05) is 0 Å². The van der Waals surface area contributed by atoms with Gasteiger partial charge in [0.2, 0.25) is 0 Å². The maximum atomic E-state index is 12.8. The van der Waals surface area contributed by atoms with E-state index in [2.05, 4.69) is 9.72 Å². The number of alkyl halides is 5. The Hall–Kier alpha value is -2.24. The highest BCUT2D eigenvalue weighted by Crippen LogP contribution is 2.36. The fourth-order valence-electron chi connectivity index (χ4n) is 1.48. The van der Waals surface area contributed by atoms with Crippen LogP contribution in [0.25, 0.3) is 0 Å². The summed E-state index contributed by atoms with van der Waals surface area (Å²) in [5.41, 5.74) is -4.54. The number of carbonyl (C=O) groups is 1. The molecule has 0 radical (unpaired) electrons. The number of aromatic nitrogens is 1. The Balaban J connectivity index is 3.57. The fraction of sp³-hybridized carbons (Fsp3) is 0.364. The van der Waals surface area contributed by atoms with E-state index in [1.165, 1.54) is 6.07 Å². The quantitative estimate of drug-likeness (QED) is 0.635. The molecule has 0 bridgehead atoms. The molecule has 1 heterocycles. The van der Waals surface area contributed by atoms with E-state index in [1.54, 1.807) is 0 Å². The van der Waals surface area contributed by atoms with Crippen molar-refractivity contribution in [2.24, 2.45) is 0 Å². The van der Waals surface area contributed by atoms with Gasteiger partial charge in [-0.3, -0.25) is 4.79 Å². The maximum absolute atomic E-state index is 12.8. The summed E-state index contributed by atoms with van der Waals surface area (Å²) < 4.78 is 68.2. The molecule has 1 aromatic rings. The molecule has 0 unspecified atom stereocenters. The Bertz CT molecular complexity index is 563. The first-order valence-electron chi connectivity index (χ1n) is 5.06. The number of esters is 1. The Morgan fingerprint density at radius 1 is 1.50 bits per heavy atom. The number of rotatable bonds is 3. The number of ether oxygens (including phenoxy) is 1. The number of halogens is 5. The highest BCUT2D eigenvalue weighted by Gasteiger charge is 2.37. The molecule has 0 fully saturated rings. The summed E-state index contributed by atoms with van der Waals surface area (Å²) >= 11 is 0. The second-order valence-electron chi connectivity index (χ2n) is 3.58. The van der Waals surface area contributed by atoms with Gasteiger partial charge in [0, 0.05) is 5.56 Å².